The Balaban J connectivity index is 2.28. The van der Waals surface area contributed by atoms with E-state index in [1.807, 2.05) is 0 Å². The molecular weight excluding hydrogens is 263 g/mol. The number of hydrogen-bond acceptors (Lipinski definition) is 2. The highest BCUT2D eigenvalue weighted by Crippen LogP contribution is 2.17. The number of hydrogen-bond donors (Lipinski definition) is 0. The molecule has 0 bridgehead atoms. The van der Waals surface area contributed by atoms with E-state index in [-0.39, 0.29) is 0 Å². The van der Waals surface area contributed by atoms with Gasteiger partial charge in [-0.15, -0.1) is 0 Å². The van der Waals surface area contributed by atoms with Crippen LogP contribution in [0.3, 0.4) is 0 Å². The van der Waals surface area contributed by atoms with E-state index in [1.54, 1.807) is 0 Å². The van der Waals surface area contributed by atoms with Crippen LogP contribution in [0.1, 0.15) is 6.42 Å². The normalized spacial score (nSPS) is 24.4. The molecule has 1 aliphatic heterocycles. The summed E-state index contributed by atoms with van der Waals surface area (Å²) < 4.78 is 0.845. The van der Waals surface area contributed by atoms with Crippen molar-refractivity contribution < 1.29 is 0 Å². The van der Waals surface area contributed by atoms with E-state index in [4.69, 9.17) is 0 Å². The summed E-state index contributed by atoms with van der Waals surface area (Å²) in [6, 6.07) is 0. The predicted molar refractivity (Wildman–Crippen MR) is 61.7 cm³/mol. The zero-order valence-corrected chi connectivity index (χ0v) is 10.0. The molecule has 0 aliphatic carbocycles. The van der Waals surface area contributed by atoms with Crippen molar-refractivity contribution >= 4 is 22.6 Å². The molecule has 1 heterocycles. The molecule has 0 aromatic heterocycles. The van der Waals surface area contributed by atoms with Crippen molar-refractivity contribution in [2.45, 2.75) is 10.3 Å². The fourth-order valence-corrected chi connectivity index (χ4v) is 2.16. The molecule has 0 N–H and O–H groups in total. The molecule has 12 heavy (non-hydrogen) atoms. The van der Waals surface area contributed by atoms with E-state index >= 15 is 0 Å². The van der Waals surface area contributed by atoms with Gasteiger partial charge in [-0.05, 0) is 13.0 Å². The lowest BCUT2D eigenvalue weighted by Crippen LogP contribution is -2.27. The van der Waals surface area contributed by atoms with Crippen molar-refractivity contribution in [2.75, 3.05) is 33.7 Å². The van der Waals surface area contributed by atoms with Crippen LogP contribution in [-0.4, -0.2) is 47.5 Å². The van der Waals surface area contributed by atoms with E-state index in [2.05, 4.69) is 53.1 Å². The second-order valence-corrected chi connectivity index (χ2v) is 5.34. The van der Waals surface area contributed by atoms with Crippen LogP contribution in [0.25, 0.3) is 0 Å². The van der Waals surface area contributed by atoms with Crippen LogP contribution in [0.2, 0.25) is 0 Å². The number of likely N-dealkylation sites (tertiary alicyclic amines) is 1. The third-order valence-corrected chi connectivity index (χ3v) is 3.27. The molecular formula is C9H17IN2. The summed E-state index contributed by atoms with van der Waals surface area (Å²) in [6.07, 6.45) is 1.33. The van der Waals surface area contributed by atoms with Crippen LogP contribution in [0, 0.1) is 0 Å². The average Bonchev–Trinajstić information content (AvgIpc) is 2.35. The molecule has 70 valence electrons. The number of nitrogens with zero attached hydrogens (tertiary/aromatic N) is 2. The van der Waals surface area contributed by atoms with E-state index in [0.29, 0.717) is 0 Å². The van der Waals surface area contributed by atoms with Gasteiger partial charge in [-0.25, -0.2) is 0 Å². The molecule has 1 rings (SSSR count). The minimum atomic E-state index is 0.845. The van der Waals surface area contributed by atoms with E-state index in [1.165, 1.54) is 25.2 Å². The zero-order chi connectivity index (χ0) is 9.14. The molecule has 0 aromatic carbocycles. The van der Waals surface area contributed by atoms with Gasteiger partial charge < -0.3 is 4.90 Å². The molecule has 0 saturated carbocycles. The van der Waals surface area contributed by atoms with Gasteiger partial charge in [-0.3, -0.25) is 4.90 Å². The summed E-state index contributed by atoms with van der Waals surface area (Å²) in [5, 5.41) is 0. The smallest absolute Gasteiger partial charge is 0.0378 e. The second kappa shape index (κ2) is 4.46. The first kappa shape index (κ1) is 10.3. The summed E-state index contributed by atoms with van der Waals surface area (Å²) in [7, 11) is 4.11. The molecule has 1 aliphatic rings. The van der Waals surface area contributed by atoms with Gasteiger partial charge in [0.15, 0.2) is 0 Å². The van der Waals surface area contributed by atoms with Crippen molar-refractivity contribution in [3.8, 4) is 0 Å². The summed E-state index contributed by atoms with van der Waals surface area (Å²) in [4.78, 5) is 4.57. The van der Waals surface area contributed by atoms with Gasteiger partial charge in [0.2, 0.25) is 0 Å². The highest BCUT2D eigenvalue weighted by molar-refractivity contribution is 14.1. The number of alkyl halides is 1. The Bertz CT molecular complexity index is 168. The summed E-state index contributed by atoms with van der Waals surface area (Å²) in [5.74, 6) is 0. The van der Waals surface area contributed by atoms with Crippen LogP contribution >= 0.6 is 22.6 Å². The Labute approximate surface area is 88.7 Å². The highest BCUT2D eigenvalue weighted by Gasteiger charge is 2.20. The zero-order valence-electron chi connectivity index (χ0n) is 7.89. The van der Waals surface area contributed by atoms with Gasteiger partial charge in [0.25, 0.3) is 0 Å². The Kier molecular flexibility index (Phi) is 3.83. The Hall–Kier alpha value is 0.230. The minimum absolute atomic E-state index is 0.845. The van der Waals surface area contributed by atoms with Crippen LogP contribution in [-0.2, 0) is 0 Å². The molecule has 0 radical (unpaired) electrons. The summed E-state index contributed by atoms with van der Waals surface area (Å²) in [5.41, 5.74) is 1.21. The molecule has 3 heteroatoms. The van der Waals surface area contributed by atoms with Gasteiger partial charge in [0.1, 0.15) is 0 Å². The van der Waals surface area contributed by atoms with Crippen molar-refractivity contribution in [3.05, 3.63) is 12.3 Å². The Morgan fingerprint density at radius 2 is 2.33 bits per heavy atom. The maximum absolute atomic E-state index is 4.02. The van der Waals surface area contributed by atoms with Gasteiger partial charge >= 0.3 is 0 Å². The van der Waals surface area contributed by atoms with Crippen molar-refractivity contribution in [3.63, 3.8) is 0 Å². The van der Waals surface area contributed by atoms with E-state index in [0.717, 1.165) is 10.5 Å². The van der Waals surface area contributed by atoms with Crippen molar-refractivity contribution in [1.29, 1.82) is 0 Å². The quantitative estimate of drug-likeness (QED) is 0.572. The molecule has 0 amide bonds. The van der Waals surface area contributed by atoms with Crippen LogP contribution in [0.5, 0.6) is 0 Å². The van der Waals surface area contributed by atoms with E-state index < -0.39 is 0 Å². The molecule has 1 unspecified atom stereocenters. The monoisotopic (exact) mass is 280 g/mol. The molecule has 1 atom stereocenters. The molecule has 1 saturated heterocycles. The SMILES string of the molecule is C=C(CN1CCC(I)C1)N(C)C. The predicted octanol–water partition coefficient (Wildman–Crippen LogP) is 1.57. The first-order chi connectivity index (χ1) is 5.59. The summed E-state index contributed by atoms with van der Waals surface area (Å²) in [6.45, 7) is 7.52. The molecule has 1 fully saturated rings. The standard InChI is InChI=1S/C9H17IN2/c1-8(11(2)3)6-12-5-4-9(10)7-12/h9H,1,4-7H2,2-3H3. The lowest BCUT2D eigenvalue weighted by atomic mass is 10.4. The highest BCUT2D eigenvalue weighted by atomic mass is 127. The van der Waals surface area contributed by atoms with Crippen LogP contribution < -0.4 is 0 Å². The number of likely N-dealkylation sites (N-methyl/N-ethyl adjacent to an activating group) is 1. The molecule has 2 nitrogen and oxygen atoms in total. The maximum atomic E-state index is 4.02. The number of rotatable bonds is 3. The van der Waals surface area contributed by atoms with Gasteiger partial charge in [-0.2, -0.15) is 0 Å². The minimum Gasteiger partial charge on any atom is -0.380 e. The van der Waals surface area contributed by atoms with Crippen LogP contribution in [0.4, 0.5) is 0 Å². The van der Waals surface area contributed by atoms with Crippen molar-refractivity contribution in [1.82, 2.24) is 9.80 Å². The van der Waals surface area contributed by atoms with Gasteiger partial charge in [-0.1, -0.05) is 29.2 Å². The summed E-state index contributed by atoms with van der Waals surface area (Å²) >= 11 is 2.53. The lowest BCUT2D eigenvalue weighted by Gasteiger charge is -2.21. The largest absolute Gasteiger partial charge is 0.380 e. The first-order valence-electron chi connectivity index (χ1n) is 4.31. The van der Waals surface area contributed by atoms with E-state index in [9.17, 15) is 0 Å². The first-order valence-corrected chi connectivity index (χ1v) is 5.55. The molecule has 0 spiro atoms. The topological polar surface area (TPSA) is 6.48 Å². The Morgan fingerprint density at radius 3 is 2.75 bits per heavy atom. The maximum Gasteiger partial charge on any atom is 0.0378 e. The lowest BCUT2D eigenvalue weighted by molar-refractivity contribution is 0.332. The fraction of sp³-hybridized carbons (Fsp3) is 0.778. The third kappa shape index (κ3) is 2.94. The number of halogens is 1. The second-order valence-electron chi connectivity index (χ2n) is 3.58. The van der Waals surface area contributed by atoms with Crippen molar-refractivity contribution in [2.24, 2.45) is 0 Å². The van der Waals surface area contributed by atoms with Crippen LogP contribution in [0.15, 0.2) is 12.3 Å². The molecule has 0 aromatic rings. The Morgan fingerprint density at radius 1 is 1.67 bits per heavy atom. The average molecular weight is 280 g/mol. The van der Waals surface area contributed by atoms with Gasteiger partial charge in [0.05, 0.1) is 0 Å². The third-order valence-electron chi connectivity index (χ3n) is 2.25. The fourth-order valence-electron chi connectivity index (χ4n) is 1.33. The van der Waals surface area contributed by atoms with Gasteiger partial charge in [0, 0.05) is 36.8 Å².